The molecule has 0 unspecified atom stereocenters. The highest BCUT2D eigenvalue weighted by molar-refractivity contribution is 7.90. The van der Waals surface area contributed by atoms with Crippen LogP contribution in [0.3, 0.4) is 0 Å². The number of aromatic nitrogens is 2. The third kappa shape index (κ3) is 2.80. The van der Waals surface area contributed by atoms with Gasteiger partial charge in [0.1, 0.15) is 0 Å². The first-order chi connectivity index (χ1) is 9.29. The normalized spacial score (nSPS) is 11.3. The lowest BCUT2D eigenvalue weighted by Gasteiger charge is -2.07. The Hall–Kier alpha value is -2.35. The van der Waals surface area contributed by atoms with Crippen LogP contribution in [0.1, 0.15) is 11.4 Å². The maximum absolute atomic E-state index is 11.7. The molecule has 1 aromatic heterocycles. The van der Waals surface area contributed by atoms with Gasteiger partial charge in [-0.2, -0.15) is 5.10 Å². The Kier molecular flexibility index (Phi) is 3.49. The Labute approximate surface area is 116 Å². The molecule has 0 fully saturated rings. The van der Waals surface area contributed by atoms with Gasteiger partial charge in [0.25, 0.3) is 10.0 Å². The Morgan fingerprint density at radius 3 is 2.30 bits per heavy atom. The molecule has 1 aromatic carbocycles. The third-order valence-corrected chi connectivity index (χ3v) is 4.00. The smallest absolute Gasteiger partial charge is 0.326 e. The van der Waals surface area contributed by atoms with Crippen molar-refractivity contribution in [3.05, 3.63) is 41.7 Å². The number of nitrogens with two attached hydrogens (primary N) is 1. The minimum absolute atomic E-state index is 0.0402. The lowest BCUT2D eigenvalue weighted by Crippen LogP contribution is -2.34. The summed E-state index contributed by atoms with van der Waals surface area (Å²) >= 11 is 0. The summed E-state index contributed by atoms with van der Waals surface area (Å²) in [5.74, 6) is 0. The number of primary amides is 1. The molecular formula is C12H14N4O3S. The van der Waals surface area contributed by atoms with Gasteiger partial charge in [0.2, 0.25) is 0 Å². The number of nitrogens with one attached hydrogen (secondary N) is 1. The highest BCUT2D eigenvalue weighted by Crippen LogP contribution is 2.15. The average Bonchev–Trinajstić information content (AvgIpc) is 2.67. The van der Waals surface area contributed by atoms with Crippen LogP contribution in [0, 0.1) is 13.8 Å². The molecule has 20 heavy (non-hydrogen) atoms. The first-order valence-corrected chi connectivity index (χ1v) is 7.24. The first kappa shape index (κ1) is 14.1. The minimum Gasteiger partial charge on any atom is -0.351 e. The second-order valence-electron chi connectivity index (χ2n) is 4.30. The number of hydrogen-bond acceptors (Lipinski definition) is 4. The Bertz CT molecular complexity index is 748. The van der Waals surface area contributed by atoms with E-state index < -0.39 is 16.1 Å². The fourth-order valence-corrected chi connectivity index (χ4v) is 2.73. The predicted molar refractivity (Wildman–Crippen MR) is 72.9 cm³/mol. The second kappa shape index (κ2) is 4.97. The zero-order chi connectivity index (χ0) is 14.9. The van der Waals surface area contributed by atoms with Gasteiger partial charge in [0.05, 0.1) is 16.3 Å². The van der Waals surface area contributed by atoms with Gasteiger partial charge in [-0.25, -0.2) is 22.6 Å². The first-order valence-electron chi connectivity index (χ1n) is 5.75. The molecule has 0 saturated heterocycles. The van der Waals surface area contributed by atoms with Crippen LogP contribution in [-0.4, -0.2) is 24.2 Å². The van der Waals surface area contributed by atoms with Crippen molar-refractivity contribution in [3.63, 3.8) is 0 Å². The fourth-order valence-electron chi connectivity index (χ4n) is 1.85. The SMILES string of the molecule is Cc1cc(C)n(-c2ccc(S(=O)(=O)NC(N)=O)cc2)n1. The second-order valence-corrected chi connectivity index (χ2v) is 5.98. The van der Waals surface area contributed by atoms with E-state index >= 15 is 0 Å². The zero-order valence-corrected chi connectivity index (χ0v) is 11.8. The van der Waals surface area contributed by atoms with Crippen molar-refractivity contribution in [2.45, 2.75) is 18.7 Å². The van der Waals surface area contributed by atoms with Crippen molar-refractivity contribution in [2.24, 2.45) is 5.73 Å². The molecule has 3 N–H and O–H groups in total. The van der Waals surface area contributed by atoms with Crippen LogP contribution in [0.4, 0.5) is 4.79 Å². The maximum atomic E-state index is 11.7. The topological polar surface area (TPSA) is 107 Å². The summed E-state index contributed by atoms with van der Waals surface area (Å²) in [5.41, 5.74) is 7.35. The number of carbonyl (C=O) groups excluding carboxylic acids is 1. The molecule has 0 bridgehead atoms. The van der Waals surface area contributed by atoms with Gasteiger partial charge in [0.15, 0.2) is 0 Å². The number of rotatable bonds is 3. The van der Waals surface area contributed by atoms with Crippen LogP contribution in [0.2, 0.25) is 0 Å². The summed E-state index contributed by atoms with van der Waals surface area (Å²) in [6.07, 6.45) is 0. The van der Waals surface area contributed by atoms with Crippen molar-refractivity contribution < 1.29 is 13.2 Å². The molecule has 0 spiro atoms. The molecule has 2 aromatic rings. The molecule has 7 nitrogen and oxygen atoms in total. The van der Waals surface area contributed by atoms with Crippen LogP contribution in [-0.2, 0) is 10.0 Å². The van der Waals surface area contributed by atoms with Crippen LogP contribution in [0.15, 0.2) is 35.2 Å². The zero-order valence-electron chi connectivity index (χ0n) is 11.0. The van der Waals surface area contributed by atoms with Gasteiger partial charge in [-0.3, -0.25) is 0 Å². The van der Waals surface area contributed by atoms with E-state index in [9.17, 15) is 13.2 Å². The highest BCUT2D eigenvalue weighted by Gasteiger charge is 2.16. The Balaban J connectivity index is 2.36. The fraction of sp³-hybridized carbons (Fsp3) is 0.167. The van der Waals surface area contributed by atoms with Crippen molar-refractivity contribution in [3.8, 4) is 5.69 Å². The van der Waals surface area contributed by atoms with E-state index in [0.29, 0.717) is 0 Å². The van der Waals surface area contributed by atoms with E-state index in [-0.39, 0.29) is 4.90 Å². The van der Waals surface area contributed by atoms with Gasteiger partial charge >= 0.3 is 6.03 Å². The summed E-state index contributed by atoms with van der Waals surface area (Å²) in [5, 5.41) is 4.30. The van der Waals surface area contributed by atoms with Crippen LogP contribution >= 0.6 is 0 Å². The van der Waals surface area contributed by atoms with Gasteiger partial charge in [-0.15, -0.1) is 0 Å². The van der Waals surface area contributed by atoms with E-state index in [0.717, 1.165) is 17.1 Å². The van der Waals surface area contributed by atoms with E-state index in [4.69, 9.17) is 5.73 Å². The summed E-state index contributed by atoms with van der Waals surface area (Å²) in [7, 11) is -3.92. The molecule has 0 aliphatic rings. The number of amides is 2. The van der Waals surface area contributed by atoms with Crippen molar-refractivity contribution >= 4 is 16.1 Å². The molecular weight excluding hydrogens is 280 g/mol. The van der Waals surface area contributed by atoms with Crippen LogP contribution in [0.25, 0.3) is 5.69 Å². The molecule has 0 aliphatic heterocycles. The van der Waals surface area contributed by atoms with Crippen molar-refractivity contribution in [1.82, 2.24) is 14.5 Å². The number of aryl methyl sites for hydroxylation is 2. The number of hydrogen-bond donors (Lipinski definition) is 2. The molecule has 2 amide bonds. The molecule has 0 radical (unpaired) electrons. The number of nitrogens with zero attached hydrogens (tertiary/aromatic N) is 2. The van der Waals surface area contributed by atoms with Crippen LogP contribution in [0.5, 0.6) is 0 Å². The molecule has 1 heterocycles. The molecule has 2 rings (SSSR count). The van der Waals surface area contributed by atoms with Crippen molar-refractivity contribution in [1.29, 1.82) is 0 Å². The van der Waals surface area contributed by atoms with E-state index in [1.807, 2.05) is 19.9 Å². The van der Waals surface area contributed by atoms with Gasteiger partial charge in [0, 0.05) is 5.69 Å². The molecule has 8 heteroatoms. The number of urea groups is 1. The highest BCUT2D eigenvalue weighted by atomic mass is 32.2. The van der Waals surface area contributed by atoms with Gasteiger partial charge in [-0.1, -0.05) is 0 Å². The third-order valence-electron chi connectivity index (χ3n) is 2.64. The van der Waals surface area contributed by atoms with Gasteiger partial charge < -0.3 is 5.73 Å². The lowest BCUT2D eigenvalue weighted by atomic mass is 10.3. The Morgan fingerprint density at radius 2 is 1.85 bits per heavy atom. The molecule has 0 atom stereocenters. The molecule has 0 saturated carbocycles. The summed E-state index contributed by atoms with van der Waals surface area (Å²) in [4.78, 5) is 10.6. The van der Waals surface area contributed by atoms with E-state index in [2.05, 4.69) is 5.10 Å². The average molecular weight is 294 g/mol. The quantitative estimate of drug-likeness (QED) is 0.874. The molecule has 0 aliphatic carbocycles. The van der Waals surface area contributed by atoms with E-state index in [1.54, 1.807) is 21.5 Å². The standard InChI is InChI=1S/C12H14N4O3S/c1-8-7-9(2)16(14-8)10-3-5-11(6-4-10)20(18,19)15-12(13)17/h3-7H,1-2H3,(H3,13,15,17). The Morgan fingerprint density at radius 1 is 1.25 bits per heavy atom. The lowest BCUT2D eigenvalue weighted by molar-refractivity contribution is 0.253. The molecule has 106 valence electrons. The number of carbonyl (C=O) groups is 1. The number of sulfonamides is 1. The minimum atomic E-state index is -3.92. The van der Waals surface area contributed by atoms with Crippen LogP contribution < -0.4 is 10.5 Å². The summed E-state index contributed by atoms with van der Waals surface area (Å²) in [6, 6.07) is 6.78. The maximum Gasteiger partial charge on any atom is 0.326 e. The monoisotopic (exact) mass is 294 g/mol. The van der Waals surface area contributed by atoms with E-state index in [1.165, 1.54) is 12.1 Å². The van der Waals surface area contributed by atoms with Crippen molar-refractivity contribution in [2.75, 3.05) is 0 Å². The van der Waals surface area contributed by atoms with Gasteiger partial charge in [-0.05, 0) is 44.2 Å². The summed E-state index contributed by atoms with van der Waals surface area (Å²) in [6.45, 7) is 3.78. The largest absolute Gasteiger partial charge is 0.351 e. The predicted octanol–water partition coefficient (Wildman–Crippen LogP) is 0.846. The summed E-state index contributed by atoms with van der Waals surface area (Å²) < 4.78 is 26.9. The number of benzene rings is 1.